The molecule has 1 aliphatic rings. The van der Waals surface area contributed by atoms with E-state index in [9.17, 15) is 18.8 Å². The van der Waals surface area contributed by atoms with Gasteiger partial charge in [0.2, 0.25) is 5.91 Å². The number of hydrogen-bond donors (Lipinski definition) is 1. The minimum Gasteiger partial charge on any atom is -0.354 e. The number of nitrogens with one attached hydrogen (secondary N) is 1. The molecule has 0 spiro atoms. The summed E-state index contributed by atoms with van der Waals surface area (Å²) in [6.07, 6.45) is 2.56. The van der Waals surface area contributed by atoms with Gasteiger partial charge in [-0.1, -0.05) is 55.5 Å². The van der Waals surface area contributed by atoms with Crippen LogP contribution in [0.4, 0.5) is 9.18 Å². The number of benzene rings is 2. The third-order valence-electron chi connectivity index (χ3n) is 4.92. The van der Waals surface area contributed by atoms with Crippen LogP contribution >= 0.6 is 11.8 Å². The van der Waals surface area contributed by atoms with Gasteiger partial charge in [0.15, 0.2) is 0 Å². The van der Waals surface area contributed by atoms with E-state index in [1.54, 1.807) is 18.2 Å². The molecule has 1 N–H and O–H groups in total. The van der Waals surface area contributed by atoms with Crippen LogP contribution in [0.15, 0.2) is 59.5 Å². The van der Waals surface area contributed by atoms with Crippen molar-refractivity contribution in [3.63, 3.8) is 0 Å². The summed E-state index contributed by atoms with van der Waals surface area (Å²) < 4.78 is 13.8. The molecule has 3 amide bonds. The quantitative estimate of drug-likeness (QED) is 0.629. The molecule has 1 heterocycles. The Balaban J connectivity index is 1.53. The molecule has 1 aliphatic heterocycles. The molecule has 0 bridgehead atoms. The molecule has 0 aliphatic carbocycles. The second-order valence-electron chi connectivity index (χ2n) is 6.92. The van der Waals surface area contributed by atoms with E-state index in [4.69, 9.17) is 0 Å². The van der Waals surface area contributed by atoms with Crippen LogP contribution in [0.25, 0.3) is 6.08 Å². The second-order valence-corrected chi connectivity index (χ2v) is 7.92. The smallest absolute Gasteiger partial charge is 0.293 e. The average Bonchev–Trinajstić information content (AvgIpc) is 3.01. The van der Waals surface area contributed by atoms with Crippen molar-refractivity contribution in [1.82, 2.24) is 10.2 Å². The summed E-state index contributed by atoms with van der Waals surface area (Å²) in [4.78, 5) is 38.2. The van der Waals surface area contributed by atoms with E-state index in [-0.39, 0.29) is 35.4 Å². The summed E-state index contributed by atoms with van der Waals surface area (Å²) in [6, 6.07) is 15.9. The fraction of sp³-hybridized carbons (Fsp3) is 0.261. The average molecular weight is 427 g/mol. The molecule has 5 nitrogen and oxygen atoms in total. The van der Waals surface area contributed by atoms with Crippen LogP contribution in [0, 0.1) is 5.82 Å². The van der Waals surface area contributed by atoms with Crippen LogP contribution in [0.2, 0.25) is 0 Å². The predicted octanol–water partition coefficient (Wildman–Crippen LogP) is 4.56. The Morgan fingerprint density at radius 1 is 1.13 bits per heavy atom. The fourth-order valence-electron chi connectivity index (χ4n) is 3.25. The van der Waals surface area contributed by atoms with Gasteiger partial charge < -0.3 is 5.32 Å². The van der Waals surface area contributed by atoms with E-state index in [2.05, 4.69) is 5.32 Å². The molecule has 156 valence electrons. The number of carbonyl (C=O) groups is 3. The number of thioether (sulfide) groups is 1. The van der Waals surface area contributed by atoms with Gasteiger partial charge >= 0.3 is 0 Å². The highest BCUT2D eigenvalue weighted by atomic mass is 32.2. The minimum absolute atomic E-state index is 0.0765. The Morgan fingerprint density at radius 2 is 1.83 bits per heavy atom. The first-order valence-corrected chi connectivity index (χ1v) is 10.6. The molecule has 1 saturated heterocycles. The van der Waals surface area contributed by atoms with Crippen molar-refractivity contribution in [2.75, 3.05) is 13.1 Å². The van der Waals surface area contributed by atoms with Crippen molar-refractivity contribution in [3.05, 3.63) is 76.4 Å². The van der Waals surface area contributed by atoms with Gasteiger partial charge in [0.1, 0.15) is 5.82 Å². The highest BCUT2D eigenvalue weighted by Gasteiger charge is 2.34. The highest BCUT2D eigenvalue weighted by Crippen LogP contribution is 2.32. The van der Waals surface area contributed by atoms with Crippen LogP contribution < -0.4 is 5.32 Å². The third-order valence-corrected chi connectivity index (χ3v) is 5.83. The third kappa shape index (κ3) is 5.36. The van der Waals surface area contributed by atoms with E-state index in [1.165, 1.54) is 12.1 Å². The normalized spacial score (nSPS) is 16.2. The standard InChI is InChI=1S/C23H23FN2O3S/c1-2-16(17-8-4-3-5-9-17)15-21(27)25-12-13-26-22(28)20(30-23(26)29)14-18-10-6-7-11-19(18)24/h3-11,14,16H,2,12-13,15H2,1H3,(H,25,27)/b20-14+. The van der Waals surface area contributed by atoms with Crippen LogP contribution in [0.5, 0.6) is 0 Å². The molecular weight excluding hydrogens is 403 g/mol. The Bertz CT molecular complexity index is 962. The monoisotopic (exact) mass is 426 g/mol. The Hall–Kier alpha value is -2.93. The molecule has 1 unspecified atom stereocenters. The molecule has 2 aromatic carbocycles. The van der Waals surface area contributed by atoms with Crippen LogP contribution in [0.1, 0.15) is 36.8 Å². The van der Waals surface area contributed by atoms with Crippen molar-refractivity contribution in [2.45, 2.75) is 25.7 Å². The predicted molar refractivity (Wildman–Crippen MR) is 116 cm³/mol. The zero-order valence-corrected chi connectivity index (χ0v) is 17.5. The van der Waals surface area contributed by atoms with Crippen molar-refractivity contribution < 1.29 is 18.8 Å². The van der Waals surface area contributed by atoms with Crippen LogP contribution in [-0.4, -0.2) is 35.0 Å². The Kier molecular flexibility index (Phi) is 7.41. The van der Waals surface area contributed by atoms with Gasteiger partial charge in [0, 0.05) is 25.1 Å². The maximum atomic E-state index is 13.8. The van der Waals surface area contributed by atoms with Crippen LogP contribution in [0.3, 0.4) is 0 Å². The number of rotatable bonds is 8. The van der Waals surface area contributed by atoms with Gasteiger partial charge in [-0.2, -0.15) is 0 Å². The Labute approximate surface area is 179 Å². The van der Waals surface area contributed by atoms with Crippen molar-refractivity contribution in [2.24, 2.45) is 0 Å². The Morgan fingerprint density at radius 3 is 2.53 bits per heavy atom. The van der Waals surface area contributed by atoms with Gasteiger partial charge in [0.25, 0.3) is 11.1 Å². The summed E-state index contributed by atoms with van der Waals surface area (Å²) in [6.45, 7) is 2.29. The number of amides is 3. The van der Waals surface area contributed by atoms with Gasteiger partial charge in [-0.15, -0.1) is 0 Å². The maximum absolute atomic E-state index is 13.8. The lowest BCUT2D eigenvalue weighted by Crippen LogP contribution is -2.37. The molecule has 2 aromatic rings. The van der Waals surface area contributed by atoms with Crippen molar-refractivity contribution in [1.29, 1.82) is 0 Å². The summed E-state index contributed by atoms with van der Waals surface area (Å²) in [5, 5.41) is 2.36. The van der Waals surface area contributed by atoms with E-state index in [0.29, 0.717) is 6.42 Å². The van der Waals surface area contributed by atoms with Gasteiger partial charge in [-0.25, -0.2) is 4.39 Å². The lowest BCUT2D eigenvalue weighted by Gasteiger charge is -2.16. The van der Waals surface area contributed by atoms with Gasteiger partial charge in [-0.05, 0) is 41.8 Å². The zero-order valence-electron chi connectivity index (χ0n) is 16.6. The lowest BCUT2D eigenvalue weighted by molar-refractivity contribution is -0.124. The van der Waals surface area contributed by atoms with Crippen molar-refractivity contribution >= 4 is 34.9 Å². The van der Waals surface area contributed by atoms with E-state index in [1.807, 2.05) is 37.3 Å². The number of imide groups is 1. The summed E-state index contributed by atoms with van der Waals surface area (Å²) in [5.41, 5.74) is 1.36. The fourth-order valence-corrected chi connectivity index (χ4v) is 4.11. The topological polar surface area (TPSA) is 66.5 Å². The SMILES string of the molecule is CCC(CC(=O)NCCN1C(=O)S/C(=C/c2ccccc2F)C1=O)c1ccccc1. The maximum Gasteiger partial charge on any atom is 0.293 e. The number of nitrogens with zero attached hydrogens (tertiary/aromatic N) is 1. The van der Waals surface area contributed by atoms with Crippen molar-refractivity contribution in [3.8, 4) is 0 Å². The summed E-state index contributed by atoms with van der Waals surface area (Å²) in [7, 11) is 0. The molecular formula is C23H23FN2O3S. The molecule has 3 rings (SSSR count). The second kappa shape index (κ2) is 10.2. The lowest BCUT2D eigenvalue weighted by atomic mass is 9.93. The first-order chi connectivity index (χ1) is 14.5. The highest BCUT2D eigenvalue weighted by molar-refractivity contribution is 8.18. The molecule has 30 heavy (non-hydrogen) atoms. The molecule has 1 fully saturated rings. The minimum atomic E-state index is -0.474. The summed E-state index contributed by atoms with van der Waals surface area (Å²) >= 11 is 0.775. The van der Waals surface area contributed by atoms with Crippen LogP contribution in [-0.2, 0) is 9.59 Å². The first kappa shape index (κ1) is 21.8. The molecule has 0 saturated carbocycles. The zero-order chi connectivity index (χ0) is 21.5. The van der Waals surface area contributed by atoms with E-state index >= 15 is 0 Å². The van der Waals surface area contributed by atoms with Gasteiger partial charge in [0.05, 0.1) is 4.91 Å². The van der Waals surface area contributed by atoms with E-state index in [0.717, 1.165) is 28.6 Å². The number of carbonyl (C=O) groups excluding carboxylic acids is 3. The largest absolute Gasteiger partial charge is 0.354 e. The molecule has 0 radical (unpaired) electrons. The number of halogens is 1. The number of hydrogen-bond acceptors (Lipinski definition) is 4. The van der Waals surface area contributed by atoms with E-state index < -0.39 is 17.0 Å². The molecule has 7 heteroatoms. The summed E-state index contributed by atoms with van der Waals surface area (Å²) in [5.74, 6) is -0.939. The first-order valence-electron chi connectivity index (χ1n) is 9.81. The molecule has 1 atom stereocenters. The van der Waals surface area contributed by atoms with Gasteiger partial charge in [-0.3, -0.25) is 19.3 Å². The molecule has 0 aromatic heterocycles.